The maximum absolute atomic E-state index is 12.0. The molecule has 0 unspecified atom stereocenters. The molecular formula is C15H22N2O2S. The van der Waals surface area contributed by atoms with Crippen molar-refractivity contribution < 1.29 is 9.53 Å². The highest BCUT2D eigenvalue weighted by atomic mass is 32.1. The minimum atomic E-state index is -0.0166. The van der Waals surface area contributed by atoms with Gasteiger partial charge in [0.25, 0.3) is 5.91 Å². The van der Waals surface area contributed by atoms with E-state index in [0.29, 0.717) is 10.7 Å². The Kier molecular flexibility index (Phi) is 6.45. The molecule has 0 aliphatic carbocycles. The summed E-state index contributed by atoms with van der Waals surface area (Å²) in [5.74, 6) is 0.619. The van der Waals surface area contributed by atoms with Gasteiger partial charge in [0.05, 0.1) is 0 Å². The molecule has 2 N–H and O–H groups in total. The lowest BCUT2D eigenvalue weighted by Gasteiger charge is -2.26. The van der Waals surface area contributed by atoms with Gasteiger partial charge in [-0.15, -0.1) is 0 Å². The van der Waals surface area contributed by atoms with Crippen LogP contribution < -0.4 is 10.5 Å². The topological polar surface area (TPSA) is 55.6 Å². The van der Waals surface area contributed by atoms with Crippen LogP contribution in [0.4, 0.5) is 0 Å². The van der Waals surface area contributed by atoms with Gasteiger partial charge in [-0.3, -0.25) is 4.79 Å². The van der Waals surface area contributed by atoms with Gasteiger partial charge in [-0.05, 0) is 37.1 Å². The number of benzene rings is 1. The Morgan fingerprint density at radius 3 is 2.30 bits per heavy atom. The molecule has 0 radical (unpaired) electrons. The van der Waals surface area contributed by atoms with Crippen LogP contribution in [-0.4, -0.2) is 35.5 Å². The van der Waals surface area contributed by atoms with E-state index < -0.39 is 0 Å². The number of hydrogen-bond donors (Lipinski definition) is 1. The number of carbonyl (C=O) groups excluding carboxylic acids is 1. The molecule has 4 nitrogen and oxygen atoms in total. The highest BCUT2D eigenvalue weighted by molar-refractivity contribution is 7.80. The minimum Gasteiger partial charge on any atom is -0.484 e. The second-order valence-corrected chi connectivity index (χ2v) is 5.09. The summed E-state index contributed by atoms with van der Waals surface area (Å²) in [6.07, 6.45) is 1.89. The maximum atomic E-state index is 12.0. The Hall–Kier alpha value is -1.62. The summed E-state index contributed by atoms with van der Waals surface area (Å²) in [5.41, 5.74) is 6.30. The molecule has 0 aliphatic rings. The summed E-state index contributed by atoms with van der Waals surface area (Å²) < 4.78 is 5.49. The molecule has 0 saturated carbocycles. The van der Waals surface area contributed by atoms with Crippen LogP contribution in [0.1, 0.15) is 32.3 Å². The van der Waals surface area contributed by atoms with Gasteiger partial charge < -0.3 is 15.4 Å². The standard InChI is InChI=1S/C15H22N2O2S/c1-4-12(5-2)17(3)14(18)10-19-13-8-6-11(7-9-13)15(16)20/h6-9,12H,4-5,10H2,1-3H3,(H2,16,20). The number of thiocarbonyl (C=S) groups is 1. The van der Waals surface area contributed by atoms with Crippen molar-refractivity contribution in [3.8, 4) is 5.75 Å². The van der Waals surface area contributed by atoms with Crippen molar-refractivity contribution in [1.82, 2.24) is 4.90 Å². The molecule has 0 atom stereocenters. The van der Waals surface area contributed by atoms with E-state index in [1.54, 1.807) is 29.2 Å². The zero-order valence-corrected chi connectivity index (χ0v) is 13.1. The highest BCUT2D eigenvalue weighted by Crippen LogP contribution is 2.13. The van der Waals surface area contributed by atoms with Gasteiger partial charge in [-0.2, -0.15) is 0 Å². The SMILES string of the molecule is CCC(CC)N(C)C(=O)COc1ccc(C(N)=S)cc1. The molecule has 0 saturated heterocycles. The van der Waals surface area contributed by atoms with Gasteiger partial charge in [-0.1, -0.05) is 26.1 Å². The van der Waals surface area contributed by atoms with Crippen molar-refractivity contribution in [3.63, 3.8) is 0 Å². The van der Waals surface area contributed by atoms with Crippen LogP contribution in [0.2, 0.25) is 0 Å². The van der Waals surface area contributed by atoms with Crippen molar-refractivity contribution in [1.29, 1.82) is 0 Å². The fourth-order valence-electron chi connectivity index (χ4n) is 2.00. The first-order valence-electron chi connectivity index (χ1n) is 6.77. The Labute approximate surface area is 125 Å². The number of likely N-dealkylation sites (N-methyl/N-ethyl adjacent to an activating group) is 1. The normalized spacial score (nSPS) is 10.4. The molecule has 0 aliphatic heterocycles. The molecule has 1 rings (SSSR count). The van der Waals surface area contributed by atoms with Crippen LogP contribution in [0.25, 0.3) is 0 Å². The summed E-state index contributed by atoms with van der Waals surface area (Å²) in [7, 11) is 1.82. The van der Waals surface area contributed by atoms with Crippen LogP contribution in [0, 0.1) is 0 Å². The highest BCUT2D eigenvalue weighted by Gasteiger charge is 2.16. The summed E-state index contributed by atoms with van der Waals surface area (Å²) >= 11 is 4.88. The number of hydrogen-bond acceptors (Lipinski definition) is 3. The van der Waals surface area contributed by atoms with Crippen molar-refractivity contribution in [2.45, 2.75) is 32.7 Å². The van der Waals surface area contributed by atoms with E-state index in [2.05, 4.69) is 13.8 Å². The van der Waals surface area contributed by atoms with E-state index in [4.69, 9.17) is 22.7 Å². The summed E-state index contributed by atoms with van der Waals surface area (Å²) in [5, 5.41) is 0. The monoisotopic (exact) mass is 294 g/mol. The van der Waals surface area contributed by atoms with E-state index in [1.807, 2.05) is 7.05 Å². The van der Waals surface area contributed by atoms with E-state index in [0.717, 1.165) is 18.4 Å². The fraction of sp³-hybridized carbons (Fsp3) is 0.467. The van der Waals surface area contributed by atoms with Crippen LogP contribution in [0.5, 0.6) is 5.75 Å². The number of nitrogens with zero attached hydrogens (tertiary/aromatic N) is 1. The van der Waals surface area contributed by atoms with Crippen LogP contribution in [-0.2, 0) is 4.79 Å². The van der Waals surface area contributed by atoms with Crippen LogP contribution >= 0.6 is 12.2 Å². The zero-order valence-electron chi connectivity index (χ0n) is 12.3. The molecule has 0 aromatic heterocycles. The number of ether oxygens (including phenoxy) is 1. The molecule has 0 bridgehead atoms. The van der Waals surface area contributed by atoms with Crippen LogP contribution in [0.3, 0.4) is 0 Å². The molecule has 0 fully saturated rings. The lowest BCUT2D eigenvalue weighted by molar-refractivity contribution is -0.134. The molecule has 20 heavy (non-hydrogen) atoms. The van der Waals surface area contributed by atoms with Crippen molar-refractivity contribution in [2.24, 2.45) is 5.73 Å². The zero-order chi connectivity index (χ0) is 15.1. The first-order valence-corrected chi connectivity index (χ1v) is 7.18. The minimum absolute atomic E-state index is 0.0166. The van der Waals surface area contributed by atoms with Crippen molar-refractivity contribution >= 4 is 23.1 Å². The molecule has 5 heteroatoms. The first kappa shape index (κ1) is 16.4. The number of rotatable bonds is 7. The number of nitrogens with two attached hydrogens (primary N) is 1. The van der Waals surface area contributed by atoms with E-state index in [-0.39, 0.29) is 18.6 Å². The third-order valence-corrected chi connectivity index (χ3v) is 3.62. The second kappa shape index (κ2) is 7.85. The second-order valence-electron chi connectivity index (χ2n) is 4.65. The van der Waals surface area contributed by atoms with Crippen molar-refractivity contribution in [3.05, 3.63) is 29.8 Å². The lowest BCUT2D eigenvalue weighted by Crippen LogP contribution is -2.39. The van der Waals surface area contributed by atoms with Gasteiger partial charge in [0, 0.05) is 18.7 Å². The largest absolute Gasteiger partial charge is 0.484 e. The molecule has 1 amide bonds. The predicted molar refractivity (Wildman–Crippen MR) is 85.0 cm³/mol. The van der Waals surface area contributed by atoms with Gasteiger partial charge >= 0.3 is 0 Å². The van der Waals surface area contributed by atoms with E-state index >= 15 is 0 Å². The summed E-state index contributed by atoms with van der Waals surface area (Å²) in [4.78, 5) is 14.1. The Balaban J connectivity index is 2.54. The first-order chi connectivity index (χ1) is 9.49. The smallest absolute Gasteiger partial charge is 0.260 e. The lowest BCUT2D eigenvalue weighted by atomic mass is 10.1. The van der Waals surface area contributed by atoms with Crippen LogP contribution in [0.15, 0.2) is 24.3 Å². The molecule has 1 aromatic carbocycles. The quantitative estimate of drug-likeness (QED) is 0.784. The van der Waals surface area contributed by atoms with Gasteiger partial charge in [0.15, 0.2) is 6.61 Å². The molecular weight excluding hydrogens is 272 g/mol. The predicted octanol–water partition coefficient (Wildman–Crippen LogP) is 2.35. The number of carbonyl (C=O) groups is 1. The average Bonchev–Trinajstić information content (AvgIpc) is 2.46. The molecule has 1 aromatic rings. The Morgan fingerprint density at radius 2 is 1.85 bits per heavy atom. The number of amides is 1. The average molecular weight is 294 g/mol. The Morgan fingerprint density at radius 1 is 1.30 bits per heavy atom. The van der Waals surface area contributed by atoms with Gasteiger partial charge in [-0.25, -0.2) is 0 Å². The third kappa shape index (κ3) is 4.49. The van der Waals surface area contributed by atoms with Gasteiger partial charge in [0.2, 0.25) is 0 Å². The third-order valence-electron chi connectivity index (χ3n) is 3.38. The summed E-state index contributed by atoms with van der Waals surface area (Å²) in [6.45, 7) is 4.19. The fourth-order valence-corrected chi connectivity index (χ4v) is 2.14. The maximum Gasteiger partial charge on any atom is 0.260 e. The molecule has 110 valence electrons. The Bertz CT molecular complexity index is 455. The van der Waals surface area contributed by atoms with E-state index in [1.165, 1.54) is 0 Å². The van der Waals surface area contributed by atoms with Gasteiger partial charge in [0.1, 0.15) is 10.7 Å². The summed E-state index contributed by atoms with van der Waals surface area (Å²) in [6, 6.07) is 7.36. The molecule has 0 spiro atoms. The van der Waals surface area contributed by atoms with E-state index in [9.17, 15) is 4.79 Å². The molecule has 0 heterocycles. The van der Waals surface area contributed by atoms with Crippen molar-refractivity contribution in [2.75, 3.05) is 13.7 Å².